The van der Waals surface area contributed by atoms with Crippen LogP contribution in [0.1, 0.15) is 16.1 Å². The predicted molar refractivity (Wildman–Crippen MR) is 95.2 cm³/mol. The van der Waals surface area contributed by atoms with Gasteiger partial charge in [0.25, 0.3) is 5.91 Å². The van der Waals surface area contributed by atoms with Crippen LogP contribution in [0.2, 0.25) is 5.02 Å². The summed E-state index contributed by atoms with van der Waals surface area (Å²) in [5.74, 6) is -2.07. The zero-order valence-electron chi connectivity index (χ0n) is 13.8. The molecule has 6 nitrogen and oxygen atoms in total. The second-order valence-corrected chi connectivity index (χ2v) is 5.89. The Morgan fingerprint density at radius 3 is 2.64 bits per heavy atom. The Hall–Kier alpha value is -3.33. The molecule has 10 heteroatoms. The lowest BCUT2D eigenvalue weighted by Gasteiger charge is -2.12. The maximum Gasteiger partial charge on any atom is 0.435 e. The molecule has 0 unspecified atom stereocenters. The zero-order valence-corrected chi connectivity index (χ0v) is 14.5. The Balaban J connectivity index is 2.01. The van der Waals surface area contributed by atoms with E-state index in [2.05, 4.69) is 5.10 Å². The van der Waals surface area contributed by atoms with Crippen molar-refractivity contribution >= 4 is 41.0 Å². The molecule has 0 fully saturated rings. The smallest absolute Gasteiger partial charge is 0.435 e. The summed E-state index contributed by atoms with van der Waals surface area (Å²) in [4.78, 5) is 23.7. The van der Waals surface area contributed by atoms with E-state index >= 15 is 0 Å². The summed E-state index contributed by atoms with van der Waals surface area (Å²) in [6.07, 6.45) is 0.0591. The highest BCUT2D eigenvalue weighted by molar-refractivity contribution is 6.34. The fourth-order valence-corrected chi connectivity index (χ4v) is 2.58. The molecule has 1 aromatic heterocycles. The average Bonchev–Trinajstić information content (AvgIpc) is 3.24. The van der Waals surface area contributed by atoms with Crippen molar-refractivity contribution in [2.24, 2.45) is 5.10 Å². The van der Waals surface area contributed by atoms with Gasteiger partial charge in [0.2, 0.25) is 0 Å². The van der Waals surface area contributed by atoms with Crippen molar-refractivity contribution in [1.82, 2.24) is 0 Å². The van der Waals surface area contributed by atoms with Crippen LogP contribution in [0.15, 0.2) is 63.8 Å². The highest BCUT2D eigenvalue weighted by Crippen LogP contribution is 2.33. The van der Waals surface area contributed by atoms with Gasteiger partial charge in [-0.25, -0.2) is 4.79 Å². The molecule has 0 spiro atoms. The highest BCUT2D eigenvalue weighted by Gasteiger charge is 2.46. The number of furan rings is 1. The Morgan fingerprint density at radius 2 is 2.04 bits per heavy atom. The molecule has 1 aliphatic rings. The van der Waals surface area contributed by atoms with Crippen molar-refractivity contribution in [2.45, 2.75) is 6.18 Å². The van der Waals surface area contributed by atoms with Crippen molar-refractivity contribution in [3.63, 3.8) is 0 Å². The molecule has 0 saturated carbocycles. The normalized spacial score (nSPS) is 16.3. The lowest BCUT2D eigenvalue weighted by Crippen LogP contribution is -2.25. The number of anilines is 1. The van der Waals surface area contributed by atoms with E-state index in [1.165, 1.54) is 24.5 Å². The lowest BCUT2D eigenvalue weighted by atomic mass is 10.1. The van der Waals surface area contributed by atoms with Gasteiger partial charge < -0.3 is 9.52 Å². The summed E-state index contributed by atoms with van der Waals surface area (Å²) in [5.41, 5.74) is -2.62. The number of amides is 1. The highest BCUT2D eigenvalue weighted by atomic mass is 35.5. The van der Waals surface area contributed by atoms with Crippen LogP contribution in [0.25, 0.3) is 6.08 Å². The molecule has 0 bridgehead atoms. The number of nitrogens with zero attached hydrogens (tertiary/aromatic N) is 2. The minimum atomic E-state index is -4.89. The molecule has 3 rings (SSSR count). The summed E-state index contributed by atoms with van der Waals surface area (Å²) < 4.78 is 45.0. The summed E-state index contributed by atoms with van der Waals surface area (Å²) in [6, 6.07) is 6.51. The van der Waals surface area contributed by atoms with Crippen molar-refractivity contribution < 1.29 is 32.3 Å². The Morgan fingerprint density at radius 1 is 1.29 bits per heavy atom. The molecule has 1 aromatic carbocycles. The number of benzene rings is 1. The second kappa shape index (κ2) is 7.35. The van der Waals surface area contributed by atoms with Crippen LogP contribution in [0, 0.1) is 0 Å². The number of allylic oxidation sites excluding steroid dienone is 2. The first-order valence-electron chi connectivity index (χ1n) is 7.64. The standard InChI is InChI=1S/C18H10ClF3N2O4/c19-14-7-6-10(9-13(14)17(26)27)24-16(25)12(15(23-24)18(20,21)22)5-1-3-11-4-2-8-28-11/h1-9H,(H,26,27)/b3-1+,12-5+. The van der Waals surface area contributed by atoms with Gasteiger partial charge in [-0.15, -0.1) is 0 Å². The number of carbonyl (C=O) groups is 2. The van der Waals surface area contributed by atoms with Crippen molar-refractivity contribution in [2.75, 3.05) is 5.01 Å². The number of aromatic carboxylic acids is 1. The van der Waals surface area contributed by atoms with Gasteiger partial charge in [-0.05, 0) is 42.5 Å². The number of carboxylic acids is 1. The number of carboxylic acid groups (broad SMARTS) is 1. The first kappa shape index (κ1) is 19.4. The summed E-state index contributed by atoms with van der Waals surface area (Å²) in [7, 11) is 0. The Labute approximate surface area is 160 Å². The van der Waals surface area contributed by atoms with Gasteiger partial charge in [0.05, 0.1) is 28.1 Å². The maximum atomic E-state index is 13.3. The summed E-state index contributed by atoms with van der Waals surface area (Å²) in [6.45, 7) is 0. The maximum absolute atomic E-state index is 13.3. The first-order chi connectivity index (χ1) is 13.2. The molecule has 0 saturated heterocycles. The fourth-order valence-electron chi connectivity index (χ4n) is 2.38. The quantitative estimate of drug-likeness (QED) is 0.750. The zero-order chi connectivity index (χ0) is 20.5. The van der Waals surface area contributed by atoms with Crippen molar-refractivity contribution in [1.29, 1.82) is 0 Å². The molecule has 0 aliphatic carbocycles. The van der Waals surface area contributed by atoms with Crippen molar-refractivity contribution in [3.8, 4) is 0 Å². The van der Waals surface area contributed by atoms with Gasteiger partial charge in [-0.3, -0.25) is 4.79 Å². The monoisotopic (exact) mass is 410 g/mol. The van der Waals surface area contributed by atoms with Gasteiger partial charge in [0.1, 0.15) is 5.76 Å². The first-order valence-corrected chi connectivity index (χ1v) is 8.01. The van der Waals surface area contributed by atoms with E-state index < -0.39 is 29.3 Å². The van der Waals surface area contributed by atoms with E-state index in [-0.39, 0.29) is 16.3 Å². The van der Waals surface area contributed by atoms with E-state index in [0.717, 1.165) is 18.2 Å². The predicted octanol–water partition coefficient (Wildman–Crippen LogP) is 4.54. The van der Waals surface area contributed by atoms with Gasteiger partial charge in [-0.1, -0.05) is 17.7 Å². The number of rotatable bonds is 4. The molecular formula is C18H10ClF3N2O4. The third-order valence-electron chi connectivity index (χ3n) is 3.64. The molecule has 2 aromatic rings. The number of hydrazone groups is 1. The molecule has 2 heterocycles. The number of halogens is 4. The van der Waals surface area contributed by atoms with Crippen molar-refractivity contribution in [3.05, 3.63) is 70.7 Å². The number of alkyl halides is 3. The lowest BCUT2D eigenvalue weighted by molar-refractivity contribution is -0.114. The van der Waals surface area contributed by atoms with Crippen LogP contribution in [-0.4, -0.2) is 28.9 Å². The number of hydrogen-bond acceptors (Lipinski definition) is 4. The SMILES string of the molecule is O=C(O)c1cc(N2N=C(C(F)(F)F)/C(=C\C=C\c3ccco3)C2=O)ccc1Cl. The number of hydrogen-bond donors (Lipinski definition) is 1. The molecule has 1 amide bonds. The van der Waals surface area contributed by atoms with Crippen LogP contribution < -0.4 is 5.01 Å². The van der Waals surface area contributed by atoms with E-state index in [0.29, 0.717) is 10.8 Å². The van der Waals surface area contributed by atoms with Crippen LogP contribution in [-0.2, 0) is 4.79 Å². The van der Waals surface area contributed by atoms with E-state index in [4.69, 9.17) is 21.1 Å². The van der Waals surface area contributed by atoms with Gasteiger partial charge in [0.15, 0.2) is 5.71 Å². The minimum absolute atomic E-state index is 0.125. The largest absolute Gasteiger partial charge is 0.478 e. The third kappa shape index (κ3) is 3.84. The molecule has 1 aliphatic heterocycles. The average molecular weight is 411 g/mol. The molecule has 0 atom stereocenters. The fraction of sp³-hybridized carbons (Fsp3) is 0.0556. The molecular weight excluding hydrogens is 401 g/mol. The van der Waals surface area contributed by atoms with Gasteiger partial charge >= 0.3 is 12.1 Å². The minimum Gasteiger partial charge on any atom is -0.478 e. The Bertz CT molecular complexity index is 1020. The van der Waals surface area contributed by atoms with E-state index in [1.54, 1.807) is 12.1 Å². The molecule has 0 radical (unpaired) electrons. The third-order valence-corrected chi connectivity index (χ3v) is 3.97. The Kier molecular flexibility index (Phi) is 5.10. The molecule has 144 valence electrons. The molecule has 1 N–H and O–H groups in total. The topological polar surface area (TPSA) is 83.1 Å². The van der Waals surface area contributed by atoms with Crippen LogP contribution >= 0.6 is 11.6 Å². The van der Waals surface area contributed by atoms with Gasteiger partial charge in [0, 0.05) is 0 Å². The number of carbonyl (C=O) groups excluding carboxylic acids is 1. The van der Waals surface area contributed by atoms with E-state index in [1.807, 2.05) is 0 Å². The second-order valence-electron chi connectivity index (χ2n) is 5.49. The molecule has 28 heavy (non-hydrogen) atoms. The van der Waals surface area contributed by atoms with Crippen LogP contribution in [0.4, 0.5) is 18.9 Å². The summed E-state index contributed by atoms with van der Waals surface area (Å²) in [5, 5.41) is 12.8. The van der Waals surface area contributed by atoms with Gasteiger partial charge in [-0.2, -0.15) is 23.3 Å². The van der Waals surface area contributed by atoms with E-state index in [9.17, 15) is 22.8 Å². The van der Waals surface area contributed by atoms with Crippen LogP contribution in [0.3, 0.4) is 0 Å². The summed E-state index contributed by atoms with van der Waals surface area (Å²) >= 11 is 5.75. The van der Waals surface area contributed by atoms with Crippen LogP contribution in [0.5, 0.6) is 0 Å².